The molecule has 468 valence electrons. The molecule has 0 fully saturated rings. The number of hydrogen-bond acceptors (Lipinski definition) is 6. The van der Waals surface area contributed by atoms with Crippen molar-refractivity contribution in [3.8, 4) is 0 Å². The monoisotopic (exact) mass is 1140 g/mol. The van der Waals surface area contributed by atoms with Gasteiger partial charge in [0.25, 0.3) is 0 Å². The van der Waals surface area contributed by atoms with E-state index in [1.807, 2.05) is 0 Å². The molecule has 82 heavy (non-hydrogen) atoms. The summed E-state index contributed by atoms with van der Waals surface area (Å²) < 4.78 is 16.9. The van der Waals surface area contributed by atoms with Crippen LogP contribution in [0.5, 0.6) is 0 Å². The van der Waals surface area contributed by atoms with Gasteiger partial charge in [0.1, 0.15) is 13.2 Å². The van der Waals surface area contributed by atoms with Crippen LogP contribution in [0, 0.1) is 0 Å². The van der Waals surface area contributed by atoms with Crippen LogP contribution < -0.4 is 0 Å². The highest BCUT2D eigenvalue weighted by molar-refractivity contribution is 5.71. The summed E-state index contributed by atoms with van der Waals surface area (Å²) in [5.41, 5.74) is 0. The maximum atomic E-state index is 12.9. The third kappa shape index (κ3) is 66.6. The van der Waals surface area contributed by atoms with Crippen LogP contribution in [0.2, 0.25) is 0 Å². The van der Waals surface area contributed by atoms with Gasteiger partial charge in [0.15, 0.2) is 6.10 Å². The van der Waals surface area contributed by atoms with Crippen molar-refractivity contribution < 1.29 is 28.6 Å². The molecular formula is C76H128O6. The molecule has 0 aromatic rings. The third-order valence-electron chi connectivity index (χ3n) is 14.7. The SMILES string of the molecule is CC/C=C\C/C=C\C/C=C\C/C=C\C/C=C\CCCCCCCC(=O)OC(COC(=O)CCC/C=C\C/C=C\C/C=C\C/C=C\C/C=C\CC)COC(=O)CCCCCCCCCCCCCCCCCCCCCCCCCCCC. The standard InChI is InChI=1S/C76H128O6/c1-4-7-10-13-16-19-22-25-28-31-33-35-36-37-38-39-41-42-45-48-51-54-57-60-63-66-69-75(78)81-72-73(71-80-74(77)68-65-62-59-56-53-50-47-44-30-27-24-21-18-15-12-9-6-3)82-76(79)70-67-64-61-58-55-52-49-46-43-40-34-32-29-26-23-20-17-14-11-8-5-2/h8-9,11-12,17-18,20-21,26-27,29-30,34,40,46-47,49-50,56,59,73H,4-7,10,13-16,19,22-25,28,31-33,35-39,41-45,48,51-55,57-58,60-72H2,1-3H3/b11-8-,12-9-,20-17-,21-18-,29-26-,30-27-,40-34-,49-46-,50-47-,59-56-. The number of allylic oxidation sites excluding steroid dienone is 20. The highest BCUT2D eigenvalue weighted by Gasteiger charge is 2.19. The second kappa shape index (κ2) is 69.3. The zero-order valence-corrected chi connectivity index (χ0v) is 53.7. The van der Waals surface area contributed by atoms with Gasteiger partial charge >= 0.3 is 17.9 Å². The van der Waals surface area contributed by atoms with Crippen LogP contribution in [-0.4, -0.2) is 37.2 Å². The van der Waals surface area contributed by atoms with Crippen LogP contribution in [0.25, 0.3) is 0 Å². The molecule has 0 radical (unpaired) electrons. The fraction of sp³-hybridized carbons (Fsp3) is 0.697. The molecule has 1 unspecified atom stereocenters. The molecule has 0 aliphatic rings. The van der Waals surface area contributed by atoms with Gasteiger partial charge in [-0.2, -0.15) is 0 Å². The molecule has 0 amide bonds. The second-order valence-electron chi connectivity index (χ2n) is 22.7. The number of ether oxygens (including phenoxy) is 3. The topological polar surface area (TPSA) is 78.9 Å². The van der Waals surface area contributed by atoms with Gasteiger partial charge in [0.05, 0.1) is 0 Å². The summed E-state index contributed by atoms with van der Waals surface area (Å²) in [6, 6.07) is 0. The Hall–Kier alpha value is -4.19. The Morgan fingerprint density at radius 3 is 0.793 bits per heavy atom. The van der Waals surface area contributed by atoms with Gasteiger partial charge in [-0.25, -0.2) is 0 Å². The van der Waals surface area contributed by atoms with E-state index in [9.17, 15) is 14.4 Å². The summed E-state index contributed by atoms with van der Waals surface area (Å²) in [7, 11) is 0. The van der Waals surface area contributed by atoms with E-state index in [-0.39, 0.29) is 37.5 Å². The second-order valence-corrected chi connectivity index (χ2v) is 22.7. The van der Waals surface area contributed by atoms with Gasteiger partial charge in [-0.15, -0.1) is 0 Å². The summed E-state index contributed by atoms with van der Waals surface area (Å²) in [5, 5.41) is 0. The van der Waals surface area contributed by atoms with E-state index < -0.39 is 6.10 Å². The molecule has 0 aromatic carbocycles. The Morgan fingerprint density at radius 2 is 0.488 bits per heavy atom. The zero-order chi connectivity index (χ0) is 59.2. The highest BCUT2D eigenvalue weighted by atomic mass is 16.6. The van der Waals surface area contributed by atoms with E-state index in [2.05, 4.69) is 142 Å². The van der Waals surface area contributed by atoms with E-state index in [1.165, 1.54) is 148 Å². The molecule has 0 spiro atoms. The Bertz CT molecular complexity index is 1690. The number of hydrogen-bond donors (Lipinski definition) is 0. The van der Waals surface area contributed by atoms with Crippen LogP contribution in [0.3, 0.4) is 0 Å². The lowest BCUT2D eigenvalue weighted by Gasteiger charge is -2.18. The molecule has 0 aliphatic heterocycles. The highest BCUT2D eigenvalue weighted by Crippen LogP contribution is 2.17. The van der Waals surface area contributed by atoms with Crippen molar-refractivity contribution >= 4 is 17.9 Å². The molecule has 0 rings (SSSR count). The van der Waals surface area contributed by atoms with Crippen molar-refractivity contribution in [3.63, 3.8) is 0 Å². The van der Waals surface area contributed by atoms with Crippen molar-refractivity contribution in [2.45, 2.75) is 329 Å². The van der Waals surface area contributed by atoms with Gasteiger partial charge in [0, 0.05) is 19.3 Å². The molecular weight excluding hydrogens is 1010 g/mol. The van der Waals surface area contributed by atoms with Gasteiger partial charge in [-0.3, -0.25) is 14.4 Å². The molecule has 0 N–H and O–H groups in total. The lowest BCUT2D eigenvalue weighted by atomic mass is 10.0. The molecule has 0 heterocycles. The molecule has 0 saturated heterocycles. The zero-order valence-electron chi connectivity index (χ0n) is 53.7. The summed E-state index contributed by atoms with van der Waals surface area (Å²) in [6.07, 6.45) is 96.6. The van der Waals surface area contributed by atoms with Crippen molar-refractivity contribution in [1.82, 2.24) is 0 Å². The Kier molecular flexibility index (Phi) is 65.8. The molecule has 6 nitrogen and oxygen atoms in total. The molecule has 0 saturated carbocycles. The van der Waals surface area contributed by atoms with Crippen molar-refractivity contribution in [3.05, 3.63) is 122 Å². The lowest BCUT2D eigenvalue weighted by molar-refractivity contribution is -0.167. The predicted molar refractivity (Wildman–Crippen MR) is 357 cm³/mol. The van der Waals surface area contributed by atoms with Gasteiger partial charge < -0.3 is 14.2 Å². The minimum Gasteiger partial charge on any atom is -0.462 e. The van der Waals surface area contributed by atoms with E-state index in [0.29, 0.717) is 19.3 Å². The van der Waals surface area contributed by atoms with Gasteiger partial charge in [-0.1, -0.05) is 322 Å². The van der Waals surface area contributed by atoms with Crippen LogP contribution >= 0.6 is 0 Å². The maximum Gasteiger partial charge on any atom is 0.306 e. The Morgan fingerprint density at radius 1 is 0.256 bits per heavy atom. The van der Waals surface area contributed by atoms with Crippen molar-refractivity contribution in [1.29, 1.82) is 0 Å². The first kappa shape index (κ1) is 77.8. The van der Waals surface area contributed by atoms with E-state index >= 15 is 0 Å². The van der Waals surface area contributed by atoms with Crippen LogP contribution in [0.1, 0.15) is 323 Å². The Labute approximate surface area is 507 Å². The number of carbonyl (C=O) groups is 3. The number of unbranched alkanes of at least 4 members (excludes halogenated alkanes) is 31. The van der Waals surface area contributed by atoms with Crippen molar-refractivity contribution in [2.24, 2.45) is 0 Å². The van der Waals surface area contributed by atoms with Crippen molar-refractivity contribution in [2.75, 3.05) is 13.2 Å². The van der Waals surface area contributed by atoms with E-state index in [4.69, 9.17) is 14.2 Å². The van der Waals surface area contributed by atoms with Crippen LogP contribution in [0.4, 0.5) is 0 Å². The lowest BCUT2D eigenvalue weighted by Crippen LogP contribution is -2.30. The molecule has 0 aromatic heterocycles. The van der Waals surface area contributed by atoms with Gasteiger partial charge in [0.2, 0.25) is 0 Å². The first-order valence-corrected chi connectivity index (χ1v) is 34.5. The molecule has 6 heteroatoms. The average Bonchev–Trinajstić information content (AvgIpc) is 3.47. The maximum absolute atomic E-state index is 12.9. The number of rotatable bonds is 62. The normalized spacial score (nSPS) is 12.9. The summed E-state index contributed by atoms with van der Waals surface area (Å²) in [4.78, 5) is 38.4. The van der Waals surface area contributed by atoms with Crippen LogP contribution in [-0.2, 0) is 28.6 Å². The third-order valence-corrected chi connectivity index (χ3v) is 14.7. The minimum atomic E-state index is -0.816. The van der Waals surface area contributed by atoms with E-state index in [1.54, 1.807) is 0 Å². The molecule has 1 atom stereocenters. The van der Waals surface area contributed by atoms with Gasteiger partial charge in [-0.05, 0) is 103 Å². The minimum absolute atomic E-state index is 0.104. The molecule has 0 bridgehead atoms. The fourth-order valence-electron chi connectivity index (χ4n) is 9.63. The molecule has 0 aliphatic carbocycles. The predicted octanol–water partition coefficient (Wildman–Crippen LogP) is 23.9. The quantitative estimate of drug-likeness (QED) is 0.0261. The first-order chi connectivity index (χ1) is 40.5. The largest absolute Gasteiger partial charge is 0.462 e. The first-order valence-electron chi connectivity index (χ1n) is 34.5. The summed E-state index contributed by atoms with van der Waals surface area (Å²) in [6.45, 7) is 6.38. The Balaban J connectivity index is 4.41. The number of esters is 3. The summed E-state index contributed by atoms with van der Waals surface area (Å²) in [5.74, 6) is -0.974. The smallest absolute Gasteiger partial charge is 0.306 e. The van der Waals surface area contributed by atoms with E-state index in [0.717, 1.165) is 128 Å². The number of carbonyl (C=O) groups excluding carboxylic acids is 3. The average molecular weight is 1140 g/mol. The fourth-order valence-corrected chi connectivity index (χ4v) is 9.63. The van der Waals surface area contributed by atoms with Crippen LogP contribution in [0.15, 0.2) is 122 Å². The summed E-state index contributed by atoms with van der Waals surface area (Å²) >= 11 is 0.